The van der Waals surface area contributed by atoms with Crippen LogP contribution in [-0.2, 0) is 15.1 Å². The zero-order valence-corrected chi connectivity index (χ0v) is 12.6. The minimum Gasteiger partial charge on any atom is -0.464 e. The van der Waals surface area contributed by atoms with E-state index >= 15 is 0 Å². The number of hydrogen-bond acceptors (Lipinski definition) is 5. The van der Waals surface area contributed by atoms with Gasteiger partial charge >= 0.3 is 5.97 Å². The lowest BCUT2D eigenvalue weighted by Crippen LogP contribution is -2.34. The lowest BCUT2D eigenvalue weighted by atomic mass is 9.79. The molecule has 1 fully saturated rings. The molecule has 0 N–H and O–H groups in total. The predicted molar refractivity (Wildman–Crippen MR) is 74.4 cm³/mol. The van der Waals surface area contributed by atoms with Gasteiger partial charge in [-0.3, -0.25) is 0 Å². The highest BCUT2D eigenvalue weighted by atomic mass is 32.1. The average Bonchev–Trinajstić information content (AvgIpc) is 2.91. The molecule has 1 heterocycles. The number of aromatic nitrogens is 1. The zero-order chi connectivity index (χ0) is 13.9. The molecule has 0 bridgehead atoms. The van der Waals surface area contributed by atoms with Crippen LogP contribution < -0.4 is 0 Å². The fraction of sp³-hybridized carbons (Fsp3) is 0.714. The van der Waals surface area contributed by atoms with Gasteiger partial charge in [0.25, 0.3) is 0 Å². The van der Waals surface area contributed by atoms with E-state index in [0.29, 0.717) is 12.3 Å². The monoisotopic (exact) mass is 283 g/mol. The Balaban J connectivity index is 2.24. The Bertz CT molecular complexity index is 436. The Hall–Kier alpha value is -0.940. The normalized spacial score (nSPS) is 27.2. The molecule has 0 saturated heterocycles. The van der Waals surface area contributed by atoms with Gasteiger partial charge in [0, 0.05) is 12.0 Å². The molecule has 1 aromatic rings. The summed E-state index contributed by atoms with van der Waals surface area (Å²) in [5.41, 5.74) is 0.0956. The number of rotatable bonds is 4. The molecular formula is C14H21NO3S. The molecule has 19 heavy (non-hydrogen) atoms. The molecule has 0 radical (unpaired) electrons. The van der Waals surface area contributed by atoms with Gasteiger partial charge < -0.3 is 9.47 Å². The zero-order valence-electron chi connectivity index (χ0n) is 11.8. The van der Waals surface area contributed by atoms with E-state index in [2.05, 4.69) is 11.9 Å². The van der Waals surface area contributed by atoms with Crippen LogP contribution in [0.4, 0.5) is 0 Å². The molecule has 0 unspecified atom stereocenters. The number of hydrogen-bond donors (Lipinski definition) is 0. The van der Waals surface area contributed by atoms with Gasteiger partial charge in [-0.1, -0.05) is 6.92 Å². The van der Waals surface area contributed by atoms with Crippen LogP contribution in [0.2, 0.25) is 0 Å². The lowest BCUT2D eigenvalue weighted by Gasteiger charge is -2.37. The van der Waals surface area contributed by atoms with Crippen LogP contribution in [0.1, 0.15) is 55.0 Å². The van der Waals surface area contributed by atoms with Crippen LogP contribution in [0.25, 0.3) is 0 Å². The maximum Gasteiger partial charge on any atom is 0.357 e. The summed E-state index contributed by atoms with van der Waals surface area (Å²) in [4.78, 5) is 15.9. The molecular weight excluding hydrogens is 262 g/mol. The van der Waals surface area contributed by atoms with Crippen LogP contribution in [0.15, 0.2) is 5.38 Å². The van der Waals surface area contributed by atoms with E-state index in [0.717, 1.165) is 36.6 Å². The van der Waals surface area contributed by atoms with Gasteiger partial charge in [-0.25, -0.2) is 9.78 Å². The van der Waals surface area contributed by atoms with Crippen molar-refractivity contribution < 1.29 is 14.3 Å². The summed E-state index contributed by atoms with van der Waals surface area (Å²) in [6.45, 7) is 4.95. The second kappa shape index (κ2) is 6.01. The van der Waals surface area contributed by atoms with Crippen molar-refractivity contribution >= 4 is 17.3 Å². The molecule has 0 atom stereocenters. The summed E-state index contributed by atoms with van der Waals surface area (Å²) in [6, 6.07) is 0. The van der Waals surface area contributed by atoms with Gasteiger partial charge in [0.2, 0.25) is 0 Å². The topological polar surface area (TPSA) is 48.4 Å². The first kappa shape index (κ1) is 14.5. The molecule has 1 saturated carbocycles. The van der Waals surface area contributed by atoms with E-state index in [9.17, 15) is 4.79 Å². The highest BCUT2D eigenvalue weighted by Gasteiger charge is 2.39. The van der Waals surface area contributed by atoms with E-state index in [-0.39, 0.29) is 11.6 Å². The molecule has 1 aliphatic carbocycles. The second-order valence-electron chi connectivity index (χ2n) is 5.14. The van der Waals surface area contributed by atoms with Crippen LogP contribution in [-0.4, -0.2) is 24.7 Å². The Morgan fingerprint density at radius 3 is 2.79 bits per heavy atom. The van der Waals surface area contributed by atoms with Gasteiger partial charge in [-0.15, -0.1) is 11.3 Å². The third-order valence-corrected chi connectivity index (χ3v) is 4.82. The maximum absolute atomic E-state index is 11.5. The first-order chi connectivity index (χ1) is 9.11. The van der Waals surface area contributed by atoms with Crippen molar-refractivity contribution in [3.63, 3.8) is 0 Å². The summed E-state index contributed by atoms with van der Waals surface area (Å²) in [5.74, 6) is 0.368. The first-order valence-corrected chi connectivity index (χ1v) is 7.67. The Labute approximate surface area is 118 Å². The van der Waals surface area contributed by atoms with Gasteiger partial charge in [-0.2, -0.15) is 0 Å². The lowest BCUT2D eigenvalue weighted by molar-refractivity contribution is -0.0776. The summed E-state index contributed by atoms with van der Waals surface area (Å²) in [6.07, 6.45) is 4.26. The van der Waals surface area contributed by atoms with Crippen LogP contribution in [0.3, 0.4) is 0 Å². The number of esters is 1. The van der Waals surface area contributed by atoms with Gasteiger partial charge in [-0.05, 0) is 38.5 Å². The van der Waals surface area contributed by atoms with E-state index in [4.69, 9.17) is 9.47 Å². The average molecular weight is 283 g/mol. The molecule has 1 aromatic heterocycles. The molecule has 2 rings (SSSR count). The molecule has 0 aliphatic heterocycles. The number of carbonyl (C=O) groups is 1. The van der Waals surface area contributed by atoms with Crippen LogP contribution in [0.5, 0.6) is 0 Å². The van der Waals surface area contributed by atoms with Crippen LogP contribution in [0, 0.1) is 5.92 Å². The summed E-state index contributed by atoms with van der Waals surface area (Å²) in [7, 11) is 1.38. The van der Waals surface area contributed by atoms with E-state index in [1.807, 2.05) is 6.92 Å². The van der Waals surface area contributed by atoms with Crippen molar-refractivity contribution in [3.8, 4) is 0 Å². The summed E-state index contributed by atoms with van der Waals surface area (Å²) >= 11 is 1.50. The van der Waals surface area contributed by atoms with Crippen molar-refractivity contribution in [1.82, 2.24) is 4.98 Å². The molecule has 106 valence electrons. The fourth-order valence-electron chi connectivity index (χ4n) is 2.61. The number of nitrogens with zero attached hydrogens (tertiary/aromatic N) is 1. The van der Waals surface area contributed by atoms with Crippen molar-refractivity contribution in [1.29, 1.82) is 0 Å². The molecule has 0 aromatic carbocycles. The number of thiazole rings is 1. The van der Waals surface area contributed by atoms with E-state index in [1.54, 1.807) is 5.38 Å². The number of ether oxygens (including phenoxy) is 2. The molecule has 1 aliphatic rings. The SMILES string of the molecule is CCOC1(c2nc(C(=O)OC)cs2)CCC(C)CC1. The van der Waals surface area contributed by atoms with Crippen molar-refractivity contribution in [2.24, 2.45) is 5.92 Å². The quantitative estimate of drug-likeness (QED) is 0.795. The smallest absolute Gasteiger partial charge is 0.357 e. The standard InChI is InChI=1S/C14H21NO3S/c1-4-18-14(7-5-10(2)6-8-14)13-15-11(9-19-13)12(16)17-3/h9-10H,4-8H2,1-3H3. The summed E-state index contributed by atoms with van der Waals surface area (Å²) in [5, 5.41) is 2.68. The van der Waals surface area contributed by atoms with E-state index < -0.39 is 0 Å². The van der Waals surface area contributed by atoms with Crippen molar-refractivity contribution in [3.05, 3.63) is 16.1 Å². The highest BCUT2D eigenvalue weighted by Crippen LogP contribution is 2.43. The fourth-order valence-corrected chi connectivity index (χ4v) is 3.61. The van der Waals surface area contributed by atoms with Gasteiger partial charge in [0.15, 0.2) is 5.69 Å². The third-order valence-electron chi connectivity index (χ3n) is 3.79. The third kappa shape index (κ3) is 2.98. The summed E-state index contributed by atoms with van der Waals surface area (Å²) < 4.78 is 10.7. The molecule has 0 amide bonds. The Morgan fingerprint density at radius 2 is 2.21 bits per heavy atom. The van der Waals surface area contributed by atoms with Gasteiger partial charge in [0.05, 0.1) is 7.11 Å². The largest absolute Gasteiger partial charge is 0.464 e. The minimum atomic E-state index is -0.377. The Morgan fingerprint density at radius 1 is 1.53 bits per heavy atom. The van der Waals surface area contributed by atoms with E-state index in [1.165, 1.54) is 18.4 Å². The highest BCUT2D eigenvalue weighted by molar-refractivity contribution is 7.10. The molecule has 4 nitrogen and oxygen atoms in total. The maximum atomic E-state index is 11.5. The van der Waals surface area contributed by atoms with Gasteiger partial charge in [0.1, 0.15) is 10.6 Å². The Kier molecular flexibility index (Phi) is 4.58. The van der Waals surface area contributed by atoms with Crippen LogP contribution >= 0.6 is 11.3 Å². The minimum absolute atomic E-state index is 0.293. The first-order valence-electron chi connectivity index (χ1n) is 6.79. The molecule has 0 spiro atoms. The number of methoxy groups -OCH3 is 1. The van der Waals surface area contributed by atoms with Crippen molar-refractivity contribution in [2.75, 3.05) is 13.7 Å². The predicted octanol–water partition coefficient (Wildman–Crippen LogP) is 3.37. The second-order valence-corrected chi connectivity index (χ2v) is 6.00. The molecule has 5 heteroatoms. The van der Waals surface area contributed by atoms with Crippen molar-refractivity contribution in [2.45, 2.75) is 45.1 Å². The number of carbonyl (C=O) groups excluding carboxylic acids is 1.